The monoisotopic (exact) mass is 457 g/mol. The number of carboxylic acids is 1. The Morgan fingerprint density at radius 2 is 1.94 bits per heavy atom. The first-order valence-corrected chi connectivity index (χ1v) is 10.8. The summed E-state index contributed by atoms with van der Waals surface area (Å²) in [5.74, 6) is -0.474. The Balaban J connectivity index is 1.50. The molecule has 0 radical (unpaired) electrons. The van der Waals surface area contributed by atoms with E-state index in [0.717, 1.165) is 11.3 Å². The van der Waals surface area contributed by atoms with E-state index in [0.29, 0.717) is 54.6 Å². The number of anilines is 4. The average Bonchev–Trinajstić information content (AvgIpc) is 2.85. The standard InChI is InChI=1S/C24H23N7O3/c1-15(32)28-22-5-3-19(14-27-22)29-24-26-9-6-20(30-24)17-2-4-21(18(12-17)13-25)31-10-7-16(8-11-31)23(33)34/h2-6,9,12,14,16H,7-8,10-11H2,1H3,(H,33,34)(H,26,29,30)(H,27,28,32). The molecule has 0 bridgehead atoms. The zero-order valence-corrected chi connectivity index (χ0v) is 18.5. The van der Waals surface area contributed by atoms with Crippen molar-refractivity contribution in [3.05, 3.63) is 54.4 Å². The fourth-order valence-electron chi connectivity index (χ4n) is 3.86. The predicted molar refractivity (Wildman–Crippen MR) is 127 cm³/mol. The van der Waals surface area contributed by atoms with Gasteiger partial charge in [-0.3, -0.25) is 9.59 Å². The summed E-state index contributed by atoms with van der Waals surface area (Å²) >= 11 is 0. The van der Waals surface area contributed by atoms with Crippen molar-refractivity contribution in [2.75, 3.05) is 28.6 Å². The molecule has 1 aromatic carbocycles. The van der Waals surface area contributed by atoms with Gasteiger partial charge in [-0.2, -0.15) is 5.26 Å². The number of hydrogen-bond donors (Lipinski definition) is 3. The Bertz CT molecular complexity index is 1250. The van der Waals surface area contributed by atoms with Crippen LogP contribution in [0.3, 0.4) is 0 Å². The third-order valence-corrected chi connectivity index (χ3v) is 5.58. The van der Waals surface area contributed by atoms with E-state index in [4.69, 9.17) is 0 Å². The maximum Gasteiger partial charge on any atom is 0.306 e. The van der Waals surface area contributed by atoms with Gasteiger partial charge in [0.2, 0.25) is 11.9 Å². The number of carboxylic acid groups (broad SMARTS) is 1. The number of pyridine rings is 1. The molecule has 10 heteroatoms. The van der Waals surface area contributed by atoms with Gasteiger partial charge in [-0.15, -0.1) is 0 Å². The molecule has 1 amide bonds. The van der Waals surface area contributed by atoms with Gasteiger partial charge in [-0.05, 0) is 43.2 Å². The molecular formula is C24H23N7O3. The van der Waals surface area contributed by atoms with Crippen molar-refractivity contribution >= 4 is 35.0 Å². The number of nitrogens with zero attached hydrogens (tertiary/aromatic N) is 5. The molecule has 2 aromatic heterocycles. The highest BCUT2D eigenvalue weighted by Crippen LogP contribution is 2.30. The topological polar surface area (TPSA) is 144 Å². The van der Waals surface area contributed by atoms with Crippen LogP contribution in [0.2, 0.25) is 0 Å². The van der Waals surface area contributed by atoms with E-state index < -0.39 is 5.97 Å². The first kappa shape index (κ1) is 22.7. The van der Waals surface area contributed by atoms with E-state index >= 15 is 0 Å². The maximum atomic E-state index is 11.2. The highest BCUT2D eigenvalue weighted by atomic mass is 16.4. The predicted octanol–water partition coefficient (Wildman–Crippen LogP) is 3.41. The highest BCUT2D eigenvalue weighted by Gasteiger charge is 2.25. The van der Waals surface area contributed by atoms with Crippen molar-refractivity contribution in [3.63, 3.8) is 0 Å². The highest BCUT2D eigenvalue weighted by molar-refractivity contribution is 5.87. The summed E-state index contributed by atoms with van der Waals surface area (Å²) in [7, 11) is 0. The molecule has 1 fully saturated rings. The SMILES string of the molecule is CC(=O)Nc1ccc(Nc2nccc(-c3ccc(N4CCC(C(=O)O)CC4)c(C#N)c3)n2)cn1. The van der Waals surface area contributed by atoms with Crippen molar-refractivity contribution in [1.29, 1.82) is 5.26 Å². The number of nitriles is 1. The largest absolute Gasteiger partial charge is 0.481 e. The molecule has 3 aromatic rings. The van der Waals surface area contributed by atoms with E-state index in [1.54, 1.807) is 36.7 Å². The van der Waals surface area contributed by atoms with Crippen LogP contribution in [0.1, 0.15) is 25.3 Å². The molecule has 0 aliphatic carbocycles. The van der Waals surface area contributed by atoms with Gasteiger partial charge in [-0.25, -0.2) is 15.0 Å². The van der Waals surface area contributed by atoms with E-state index in [9.17, 15) is 20.0 Å². The molecule has 34 heavy (non-hydrogen) atoms. The average molecular weight is 457 g/mol. The Kier molecular flexibility index (Phi) is 6.64. The van der Waals surface area contributed by atoms with Crippen LogP contribution in [0.4, 0.5) is 23.1 Å². The quantitative estimate of drug-likeness (QED) is 0.507. The second kappa shape index (κ2) is 9.95. The van der Waals surface area contributed by atoms with Crippen LogP contribution in [0, 0.1) is 17.2 Å². The van der Waals surface area contributed by atoms with E-state index in [1.165, 1.54) is 6.92 Å². The van der Waals surface area contributed by atoms with Gasteiger partial charge >= 0.3 is 5.97 Å². The van der Waals surface area contributed by atoms with Crippen LogP contribution in [-0.4, -0.2) is 45.0 Å². The third kappa shape index (κ3) is 5.27. The second-order valence-electron chi connectivity index (χ2n) is 7.95. The van der Waals surface area contributed by atoms with Gasteiger partial charge in [0.05, 0.1) is 34.7 Å². The Hall–Kier alpha value is -4.52. The number of aromatic nitrogens is 3. The van der Waals surface area contributed by atoms with E-state index in [2.05, 4.69) is 36.6 Å². The Labute approximate surface area is 196 Å². The summed E-state index contributed by atoms with van der Waals surface area (Å²) in [6.07, 6.45) is 4.31. The van der Waals surface area contributed by atoms with Crippen LogP contribution < -0.4 is 15.5 Å². The zero-order valence-electron chi connectivity index (χ0n) is 18.5. The number of aliphatic carboxylic acids is 1. The number of benzene rings is 1. The fraction of sp³-hybridized carbons (Fsp3) is 0.250. The summed E-state index contributed by atoms with van der Waals surface area (Å²) in [4.78, 5) is 37.4. The van der Waals surface area contributed by atoms with Crippen molar-refractivity contribution in [1.82, 2.24) is 15.0 Å². The first-order valence-electron chi connectivity index (χ1n) is 10.8. The van der Waals surface area contributed by atoms with E-state index in [-0.39, 0.29) is 11.8 Å². The molecule has 3 heterocycles. The summed E-state index contributed by atoms with van der Waals surface area (Å²) in [6, 6.07) is 13.0. The summed E-state index contributed by atoms with van der Waals surface area (Å²) < 4.78 is 0. The molecular weight excluding hydrogens is 434 g/mol. The first-order chi connectivity index (χ1) is 16.4. The number of rotatable bonds is 6. The van der Waals surface area contributed by atoms with Crippen molar-refractivity contribution in [3.8, 4) is 17.3 Å². The van der Waals surface area contributed by atoms with Gasteiger partial charge in [0.15, 0.2) is 0 Å². The maximum absolute atomic E-state index is 11.2. The minimum Gasteiger partial charge on any atom is -0.481 e. The molecule has 172 valence electrons. The molecule has 1 aliphatic rings. The molecule has 1 saturated heterocycles. The molecule has 1 aliphatic heterocycles. The summed E-state index contributed by atoms with van der Waals surface area (Å²) in [6.45, 7) is 2.61. The normalized spacial score (nSPS) is 13.7. The van der Waals surface area contributed by atoms with Crippen LogP contribution in [-0.2, 0) is 9.59 Å². The lowest BCUT2D eigenvalue weighted by atomic mass is 9.96. The van der Waals surface area contributed by atoms with Crippen molar-refractivity contribution in [2.45, 2.75) is 19.8 Å². The van der Waals surface area contributed by atoms with Gasteiger partial charge in [0.25, 0.3) is 0 Å². The number of piperidine rings is 1. The number of nitrogens with one attached hydrogen (secondary N) is 2. The van der Waals surface area contributed by atoms with Gasteiger partial charge in [0, 0.05) is 31.8 Å². The third-order valence-electron chi connectivity index (χ3n) is 5.58. The van der Waals surface area contributed by atoms with Crippen LogP contribution in [0.5, 0.6) is 0 Å². The minimum absolute atomic E-state index is 0.197. The zero-order chi connectivity index (χ0) is 24.1. The second-order valence-corrected chi connectivity index (χ2v) is 7.95. The van der Waals surface area contributed by atoms with Crippen molar-refractivity contribution in [2.24, 2.45) is 5.92 Å². The van der Waals surface area contributed by atoms with E-state index in [1.807, 2.05) is 12.1 Å². The number of hydrogen-bond acceptors (Lipinski definition) is 8. The lowest BCUT2D eigenvalue weighted by Gasteiger charge is -2.32. The number of amides is 1. The molecule has 0 saturated carbocycles. The van der Waals surface area contributed by atoms with Crippen molar-refractivity contribution < 1.29 is 14.7 Å². The molecule has 0 spiro atoms. The Morgan fingerprint density at radius 3 is 2.59 bits per heavy atom. The lowest BCUT2D eigenvalue weighted by Crippen LogP contribution is -2.36. The lowest BCUT2D eigenvalue weighted by molar-refractivity contribution is -0.142. The minimum atomic E-state index is -0.761. The van der Waals surface area contributed by atoms with Crippen LogP contribution in [0.15, 0.2) is 48.8 Å². The molecule has 0 unspecified atom stereocenters. The fourth-order valence-corrected chi connectivity index (χ4v) is 3.86. The van der Waals surface area contributed by atoms with Gasteiger partial charge in [-0.1, -0.05) is 6.07 Å². The van der Waals surface area contributed by atoms with Crippen LogP contribution in [0.25, 0.3) is 11.3 Å². The van der Waals surface area contributed by atoms with Crippen LogP contribution >= 0.6 is 0 Å². The Morgan fingerprint density at radius 1 is 1.15 bits per heavy atom. The molecule has 3 N–H and O–H groups in total. The molecule has 4 rings (SSSR count). The van der Waals surface area contributed by atoms with Gasteiger partial charge < -0.3 is 20.6 Å². The molecule has 0 atom stereocenters. The smallest absolute Gasteiger partial charge is 0.306 e. The number of carbonyl (C=O) groups excluding carboxylic acids is 1. The number of carbonyl (C=O) groups is 2. The molecule has 10 nitrogen and oxygen atoms in total. The van der Waals surface area contributed by atoms with Gasteiger partial charge in [0.1, 0.15) is 11.9 Å². The summed E-state index contributed by atoms with van der Waals surface area (Å²) in [5.41, 5.74) is 3.38. The summed E-state index contributed by atoms with van der Waals surface area (Å²) in [5, 5.41) is 24.6.